The molecule has 0 aliphatic heterocycles. The van der Waals surface area contributed by atoms with Gasteiger partial charge in [-0.15, -0.1) is 0 Å². The van der Waals surface area contributed by atoms with Crippen LogP contribution in [0.1, 0.15) is 17.4 Å². The van der Waals surface area contributed by atoms with E-state index < -0.39 is 6.10 Å². The second-order valence-electron chi connectivity index (χ2n) is 3.09. The Hall–Kier alpha value is -0.330. The first-order valence-electron chi connectivity index (χ1n) is 4.35. The minimum Gasteiger partial charge on any atom is -0.465 e. The third-order valence-corrected chi connectivity index (χ3v) is 3.38. The molecule has 2 nitrogen and oxygen atoms in total. The molecule has 15 heavy (non-hydrogen) atoms. The van der Waals surface area contributed by atoms with Gasteiger partial charge in [-0.2, -0.15) is 0 Å². The molecule has 1 aromatic carbocycles. The molecule has 0 saturated carbocycles. The van der Waals surface area contributed by atoms with Crippen LogP contribution >= 0.6 is 38.5 Å². The Morgan fingerprint density at radius 2 is 2.13 bits per heavy atom. The molecule has 1 unspecified atom stereocenters. The normalized spacial score (nSPS) is 12.7. The summed E-state index contributed by atoms with van der Waals surface area (Å²) in [6, 6.07) is 9.47. The molecule has 0 radical (unpaired) electrons. The highest BCUT2D eigenvalue weighted by Crippen LogP contribution is 2.29. The molecule has 0 aliphatic carbocycles. The van der Waals surface area contributed by atoms with Gasteiger partial charge in [-0.25, -0.2) is 0 Å². The van der Waals surface area contributed by atoms with Crippen LogP contribution in [0, 0.1) is 3.57 Å². The van der Waals surface area contributed by atoms with Crippen LogP contribution in [-0.2, 0) is 0 Å². The molecule has 1 heterocycles. The van der Waals surface area contributed by atoms with Crippen LogP contribution in [0.2, 0.25) is 0 Å². The van der Waals surface area contributed by atoms with Crippen molar-refractivity contribution in [2.45, 2.75) is 6.10 Å². The van der Waals surface area contributed by atoms with E-state index in [1.165, 1.54) is 0 Å². The van der Waals surface area contributed by atoms with Crippen LogP contribution in [-0.4, -0.2) is 5.11 Å². The summed E-state index contributed by atoms with van der Waals surface area (Å²) in [6.45, 7) is 0. The van der Waals surface area contributed by atoms with Gasteiger partial charge in [-0.05, 0) is 62.3 Å². The predicted molar refractivity (Wildman–Crippen MR) is 69.6 cm³/mol. The minimum atomic E-state index is -0.718. The summed E-state index contributed by atoms with van der Waals surface area (Å²) in [5.74, 6) is 0.539. The van der Waals surface area contributed by atoms with Gasteiger partial charge in [-0.1, -0.05) is 12.1 Å². The van der Waals surface area contributed by atoms with Gasteiger partial charge in [0.05, 0.1) is 10.7 Å². The molecule has 78 valence electrons. The van der Waals surface area contributed by atoms with Crippen molar-refractivity contribution in [3.63, 3.8) is 0 Å². The lowest BCUT2D eigenvalue weighted by molar-refractivity contribution is 0.188. The van der Waals surface area contributed by atoms with E-state index in [4.69, 9.17) is 4.42 Å². The van der Waals surface area contributed by atoms with Crippen LogP contribution in [0.15, 0.2) is 45.5 Å². The second kappa shape index (κ2) is 4.67. The summed E-state index contributed by atoms with van der Waals surface area (Å²) >= 11 is 5.54. The maximum Gasteiger partial charge on any atom is 0.150 e. The van der Waals surface area contributed by atoms with Gasteiger partial charge in [-0.3, -0.25) is 0 Å². The molecule has 1 aromatic heterocycles. The summed E-state index contributed by atoms with van der Waals surface area (Å²) in [5.41, 5.74) is 0.831. The maximum absolute atomic E-state index is 10.1. The van der Waals surface area contributed by atoms with Gasteiger partial charge in [0.2, 0.25) is 0 Å². The van der Waals surface area contributed by atoms with Crippen LogP contribution in [0.25, 0.3) is 0 Å². The molecule has 0 aliphatic rings. The highest BCUT2D eigenvalue weighted by molar-refractivity contribution is 14.1. The van der Waals surface area contributed by atoms with Gasteiger partial charge < -0.3 is 9.52 Å². The fraction of sp³-hybridized carbons (Fsp3) is 0.0909. The Kier molecular flexibility index (Phi) is 3.48. The average Bonchev–Trinajstić information content (AvgIpc) is 2.63. The number of halogens is 2. The van der Waals surface area contributed by atoms with Crippen LogP contribution in [0.3, 0.4) is 0 Å². The van der Waals surface area contributed by atoms with Gasteiger partial charge in [0.25, 0.3) is 0 Å². The first-order valence-corrected chi connectivity index (χ1v) is 6.22. The molecule has 0 bridgehead atoms. The number of rotatable bonds is 2. The molecule has 2 aromatic rings. The molecular formula is C11H8BrIO2. The summed E-state index contributed by atoms with van der Waals surface area (Å²) in [7, 11) is 0. The van der Waals surface area contributed by atoms with E-state index >= 15 is 0 Å². The van der Waals surface area contributed by atoms with E-state index in [1.54, 1.807) is 12.3 Å². The molecule has 1 N–H and O–H groups in total. The minimum absolute atomic E-state index is 0.539. The Morgan fingerprint density at radius 1 is 1.33 bits per heavy atom. The first kappa shape index (κ1) is 11.2. The van der Waals surface area contributed by atoms with Crippen molar-refractivity contribution >= 4 is 38.5 Å². The van der Waals surface area contributed by atoms with Crippen molar-refractivity contribution in [2.24, 2.45) is 0 Å². The second-order valence-corrected chi connectivity index (χ2v) is 5.19. The predicted octanol–water partition coefficient (Wildman–Crippen LogP) is 3.73. The molecule has 0 saturated heterocycles. The Balaban J connectivity index is 2.36. The molecule has 1 atom stereocenters. The summed E-state index contributed by atoms with van der Waals surface area (Å²) in [4.78, 5) is 0. The van der Waals surface area contributed by atoms with Crippen molar-refractivity contribution in [1.82, 2.24) is 0 Å². The van der Waals surface area contributed by atoms with Crippen molar-refractivity contribution in [3.05, 3.63) is 56.0 Å². The van der Waals surface area contributed by atoms with Gasteiger partial charge >= 0.3 is 0 Å². The van der Waals surface area contributed by atoms with Crippen molar-refractivity contribution in [1.29, 1.82) is 0 Å². The van der Waals surface area contributed by atoms with Crippen LogP contribution in [0.5, 0.6) is 0 Å². The molecule has 4 heteroatoms. The zero-order valence-corrected chi connectivity index (χ0v) is 11.4. The third-order valence-electron chi connectivity index (χ3n) is 2.06. The van der Waals surface area contributed by atoms with E-state index in [-0.39, 0.29) is 0 Å². The monoisotopic (exact) mass is 378 g/mol. The topological polar surface area (TPSA) is 33.4 Å². The summed E-state index contributed by atoms with van der Waals surface area (Å²) in [5, 5.41) is 10.1. The smallest absolute Gasteiger partial charge is 0.150 e. The fourth-order valence-electron chi connectivity index (χ4n) is 1.33. The van der Waals surface area contributed by atoms with Crippen molar-refractivity contribution in [2.75, 3.05) is 0 Å². The van der Waals surface area contributed by atoms with E-state index in [2.05, 4.69) is 38.5 Å². The average molecular weight is 379 g/mol. The molecule has 0 fully saturated rings. The van der Waals surface area contributed by atoms with Crippen molar-refractivity contribution < 1.29 is 9.52 Å². The Morgan fingerprint density at radius 3 is 2.73 bits per heavy atom. The van der Waals surface area contributed by atoms with Gasteiger partial charge in [0, 0.05) is 3.57 Å². The summed E-state index contributed by atoms with van der Waals surface area (Å²) in [6.07, 6.45) is 0.834. The van der Waals surface area contributed by atoms with E-state index in [0.717, 1.165) is 13.6 Å². The fourth-order valence-corrected chi connectivity index (χ4v) is 2.31. The quantitative estimate of drug-likeness (QED) is 0.808. The zero-order chi connectivity index (χ0) is 10.8. The lowest BCUT2D eigenvalue weighted by Crippen LogP contribution is -1.98. The highest BCUT2D eigenvalue weighted by Gasteiger charge is 2.16. The number of furan rings is 1. The summed E-state index contributed by atoms with van der Waals surface area (Å²) < 4.78 is 7.10. The van der Waals surface area contributed by atoms with Crippen molar-refractivity contribution in [3.8, 4) is 0 Å². The molecule has 2 rings (SSSR count). The number of aliphatic hydroxyl groups excluding tert-OH is 1. The third kappa shape index (κ3) is 2.43. The number of hydrogen-bond donors (Lipinski definition) is 1. The molecule has 0 amide bonds. The van der Waals surface area contributed by atoms with E-state index in [0.29, 0.717) is 5.76 Å². The number of benzene rings is 1. The number of aliphatic hydroxyl groups is 1. The SMILES string of the molecule is OC(c1cccc(I)c1)c1occc1Br. The lowest BCUT2D eigenvalue weighted by Gasteiger charge is -2.09. The number of hydrogen-bond acceptors (Lipinski definition) is 2. The lowest BCUT2D eigenvalue weighted by atomic mass is 10.1. The Bertz CT molecular complexity index is 467. The van der Waals surface area contributed by atoms with E-state index in [9.17, 15) is 5.11 Å². The van der Waals surface area contributed by atoms with Gasteiger partial charge in [0.15, 0.2) is 5.76 Å². The first-order chi connectivity index (χ1) is 7.18. The maximum atomic E-state index is 10.1. The zero-order valence-electron chi connectivity index (χ0n) is 7.65. The molecule has 0 spiro atoms. The van der Waals surface area contributed by atoms with Crippen LogP contribution < -0.4 is 0 Å². The standard InChI is InChI=1S/C11H8BrIO2/c12-9-4-5-15-11(9)10(14)7-2-1-3-8(13)6-7/h1-6,10,14H. The van der Waals surface area contributed by atoms with E-state index in [1.807, 2.05) is 24.3 Å². The van der Waals surface area contributed by atoms with Gasteiger partial charge in [0.1, 0.15) is 6.10 Å². The van der Waals surface area contributed by atoms with Crippen LogP contribution in [0.4, 0.5) is 0 Å². The highest BCUT2D eigenvalue weighted by atomic mass is 127. The Labute approximate surface area is 110 Å². The largest absolute Gasteiger partial charge is 0.465 e. The molecular weight excluding hydrogens is 371 g/mol.